The van der Waals surface area contributed by atoms with E-state index in [0.29, 0.717) is 6.42 Å². The molecule has 2 heterocycles. The van der Waals surface area contributed by atoms with Crippen LogP contribution in [0.2, 0.25) is 0 Å². The first-order chi connectivity index (χ1) is 6.86. The molecule has 0 aliphatic carbocycles. The van der Waals surface area contributed by atoms with Crippen molar-refractivity contribution in [1.82, 2.24) is 0 Å². The molecule has 0 saturated carbocycles. The molecule has 1 saturated heterocycles. The molecule has 1 aromatic rings. The highest BCUT2D eigenvalue weighted by atomic mass is 32.2. The maximum Gasteiger partial charge on any atom is 0.0927 e. The summed E-state index contributed by atoms with van der Waals surface area (Å²) in [7, 11) is 0. The van der Waals surface area contributed by atoms with Crippen LogP contribution in [0.5, 0.6) is 0 Å². The van der Waals surface area contributed by atoms with Gasteiger partial charge in [-0.15, -0.1) is 0 Å². The highest BCUT2D eigenvalue weighted by molar-refractivity contribution is 7.99. The lowest BCUT2D eigenvalue weighted by molar-refractivity contribution is -0.0207. The SMILES string of the molecule is OC(Cc1ccsc1)C1CSCCO1. The Balaban J connectivity index is 1.85. The van der Waals surface area contributed by atoms with E-state index in [-0.39, 0.29) is 12.2 Å². The summed E-state index contributed by atoms with van der Waals surface area (Å²) < 4.78 is 5.52. The second-order valence-electron chi connectivity index (χ2n) is 3.39. The monoisotopic (exact) mass is 230 g/mol. The fourth-order valence-corrected chi connectivity index (χ4v) is 3.12. The van der Waals surface area contributed by atoms with Crippen molar-refractivity contribution in [2.75, 3.05) is 18.1 Å². The molecule has 4 heteroatoms. The van der Waals surface area contributed by atoms with E-state index in [1.54, 1.807) is 11.3 Å². The Morgan fingerprint density at radius 2 is 2.57 bits per heavy atom. The van der Waals surface area contributed by atoms with Crippen molar-refractivity contribution < 1.29 is 9.84 Å². The van der Waals surface area contributed by atoms with Gasteiger partial charge in [0.1, 0.15) is 0 Å². The van der Waals surface area contributed by atoms with Gasteiger partial charge in [0.25, 0.3) is 0 Å². The Morgan fingerprint density at radius 1 is 1.64 bits per heavy atom. The maximum atomic E-state index is 9.91. The Labute approximate surface area is 92.3 Å². The summed E-state index contributed by atoms with van der Waals surface area (Å²) in [5.74, 6) is 1.98. The number of aliphatic hydroxyl groups is 1. The van der Waals surface area contributed by atoms with Crippen LogP contribution >= 0.6 is 23.1 Å². The van der Waals surface area contributed by atoms with Crippen molar-refractivity contribution >= 4 is 23.1 Å². The molecule has 2 atom stereocenters. The number of aliphatic hydroxyl groups excluding tert-OH is 1. The summed E-state index contributed by atoms with van der Waals surface area (Å²) in [6, 6.07) is 2.06. The predicted molar refractivity (Wildman–Crippen MR) is 61.1 cm³/mol. The smallest absolute Gasteiger partial charge is 0.0927 e. The van der Waals surface area contributed by atoms with Gasteiger partial charge in [-0.3, -0.25) is 0 Å². The van der Waals surface area contributed by atoms with Crippen LogP contribution in [-0.2, 0) is 11.2 Å². The van der Waals surface area contributed by atoms with Crippen molar-refractivity contribution in [2.24, 2.45) is 0 Å². The zero-order valence-corrected chi connectivity index (χ0v) is 9.52. The van der Waals surface area contributed by atoms with Crippen LogP contribution in [0, 0.1) is 0 Å². The Hall–Kier alpha value is -0.0300. The van der Waals surface area contributed by atoms with Crippen molar-refractivity contribution in [3.63, 3.8) is 0 Å². The number of ether oxygens (including phenoxy) is 1. The van der Waals surface area contributed by atoms with E-state index in [2.05, 4.69) is 11.4 Å². The van der Waals surface area contributed by atoms with Gasteiger partial charge >= 0.3 is 0 Å². The van der Waals surface area contributed by atoms with Gasteiger partial charge in [0.2, 0.25) is 0 Å². The van der Waals surface area contributed by atoms with Crippen LogP contribution in [0.3, 0.4) is 0 Å². The second-order valence-corrected chi connectivity index (χ2v) is 5.32. The van der Waals surface area contributed by atoms with Gasteiger partial charge in [-0.1, -0.05) is 0 Å². The van der Waals surface area contributed by atoms with Crippen LogP contribution in [0.15, 0.2) is 16.8 Å². The first kappa shape index (κ1) is 10.5. The summed E-state index contributed by atoms with van der Waals surface area (Å²) >= 11 is 3.53. The molecule has 0 bridgehead atoms. The van der Waals surface area contributed by atoms with E-state index in [1.165, 1.54) is 5.56 Å². The molecule has 2 nitrogen and oxygen atoms in total. The van der Waals surface area contributed by atoms with Gasteiger partial charge in [0.05, 0.1) is 18.8 Å². The molecule has 0 amide bonds. The highest BCUT2D eigenvalue weighted by Crippen LogP contribution is 2.18. The van der Waals surface area contributed by atoms with Gasteiger partial charge in [-0.05, 0) is 22.4 Å². The highest BCUT2D eigenvalue weighted by Gasteiger charge is 2.22. The largest absolute Gasteiger partial charge is 0.390 e. The third-order valence-corrected chi connectivity index (χ3v) is 4.05. The van der Waals surface area contributed by atoms with E-state index < -0.39 is 0 Å². The molecule has 1 aromatic heterocycles. The summed E-state index contributed by atoms with van der Waals surface area (Å²) in [6.07, 6.45) is 0.389. The molecule has 0 radical (unpaired) electrons. The molecule has 0 aromatic carbocycles. The zero-order chi connectivity index (χ0) is 9.80. The Morgan fingerprint density at radius 3 is 3.21 bits per heavy atom. The summed E-state index contributed by atoms with van der Waals surface area (Å²) in [4.78, 5) is 0. The van der Waals surface area contributed by atoms with Gasteiger partial charge in [-0.25, -0.2) is 0 Å². The zero-order valence-electron chi connectivity index (χ0n) is 7.89. The van der Waals surface area contributed by atoms with Crippen molar-refractivity contribution in [2.45, 2.75) is 18.6 Å². The van der Waals surface area contributed by atoms with E-state index >= 15 is 0 Å². The standard InChI is InChI=1S/C10H14O2S2/c11-9(5-8-1-3-13-6-8)10-7-14-4-2-12-10/h1,3,6,9-11H,2,4-5,7H2. The fraction of sp³-hybridized carbons (Fsp3) is 0.600. The van der Waals surface area contributed by atoms with Crippen LogP contribution in [0.4, 0.5) is 0 Å². The van der Waals surface area contributed by atoms with E-state index in [0.717, 1.165) is 18.1 Å². The molecule has 0 spiro atoms. The van der Waals surface area contributed by atoms with Crippen LogP contribution in [-0.4, -0.2) is 35.4 Å². The summed E-state index contributed by atoms with van der Waals surface area (Å²) in [6.45, 7) is 0.774. The molecule has 14 heavy (non-hydrogen) atoms. The molecule has 2 rings (SSSR count). The van der Waals surface area contributed by atoms with Gasteiger partial charge in [0.15, 0.2) is 0 Å². The van der Waals surface area contributed by atoms with Crippen LogP contribution < -0.4 is 0 Å². The quantitative estimate of drug-likeness (QED) is 0.858. The number of hydrogen-bond donors (Lipinski definition) is 1. The first-order valence-electron chi connectivity index (χ1n) is 4.75. The summed E-state index contributed by atoms with van der Waals surface area (Å²) in [5, 5.41) is 14.0. The fourth-order valence-electron chi connectivity index (χ4n) is 1.51. The van der Waals surface area contributed by atoms with Crippen LogP contribution in [0.25, 0.3) is 0 Å². The third-order valence-electron chi connectivity index (χ3n) is 2.30. The van der Waals surface area contributed by atoms with Gasteiger partial charge in [-0.2, -0.15) is 23.1 Å². The average molecular weight is 230 g/mol. The first-order valence-corrected chi connectivity index (χ1v) is 6.84. The normalized spacial score (nSPS) is 24.8. The number of rotatable bonds is 3. The molecular weight excluding hydrogens is 216 g/mol. The van der Waals surface area contributed by atoms with Crippen LogP contribution in [0.1, 0.15) is 5.56 Å². The van der Waals surface area contributed by atoms with E-state index in [4.69, 9.17) is 4.74 Å². The minimum Gasteiger partial charge on any atom is -0.390 e. The second kappa shape index (κ2) is 5.16. The average Bonchev–Trinajstić information content (AvgIpc) is 2.72. The molecule has 1 aliphatic heterocycles. The Kier molecular flexibility index (Phi) is 3.87. The maximum absolute atomic E-state index is 9.91. The molecule has 78 valence electrons. The molecule has 2 unspecified atom stereocenters. The molecule has 1 N–H and O–H groups in total. The topological polar surface area (TPSA) is 29.5 Å². The van der Waals surface area contributed by atoms with Crippen molar-refractivity contribution in [1.29, 1.82) is 0 Å². The van der Waals surface area contributed by atoms with E-state index in [1.807, 2.05) is 17.1 Å². The van der Waals surface area contributed by atoms with Gasteiger partial charge < -0.3 is 9.84 Å². The molecule has 1 fully saturated rings. The number of thioether (sulfide) groups is 1. The lowest BCUT2D eigenvalue weighted by Gasteiger charge is -2.26. The lowest BCUT2D eigenvalue weighted by atomic mass is 10.1. The minimum absolute atomic E-state index is 0.0219. The molecule has 1 aliphatic rings. The summed E-state index contributed by atoms with van der Waals surface area (Å²) in [5.41, 5.74) is 1.21. The predicted octanol–water partition coefficient (Wildman–Crippen LogP) is 1.78. The number of hydrogen-bond acceptors (Lipinski definition) is 4. The minimum atomic E-state index is -0.350. The third kappa shape index (κ3) is 2.73. The number of thiophene rings is 1. The van der Waals surface area contributed by atoms with Crippen molar-refractivity contribution in [3.05, 3.63) is 22.4 Å². The van der Waals surface area contributed by atoms with Gasteiger partial charge in [0, 0.05) is 17.9 Å². The lowest BCUT2D eigenvalue weighted by Crippen LogP contribution is -2.36. The van der Waals surface area contributed by atoms with E-state index in [9.17, 15) is 5.11 Å². The molecular formula is C10H14O2S2. The Bertz CT molecular complexity index is 255. The van der Waals surface area contributed by atoms with Crippen molar-refractivity contribution in [3.8, 4) is 0 Å².